The Labute approximate surface area is 416 Å². The maximum Gasteiger partial charge on any atom is 0.0547 e. The minimum absolute atomic E-state index is 1.16. The molecule has 0 bridgehead atoms. The number of benzene rings is 13. The van der Waals surface area contributed by atoms with Crippen molar-refractivity contribution in [3.8, 4) is 55.9 Å². The Morgan fingerprint density at radius 2 is 0.597 bits per heavy atom. The average molecular weight is 913 g/mol. The molecule has 0 saturated carbocycles. The molecule has 0 aliphatic heterocycles. The predicted molar refractivity (Wildman–Crippen MR) is 307 cm³/mol. The van der Waals surface area contributed by atoms with Crippen LogP contribution in [0.3, 0.4) is 0 Å². The molecule has 0 atom stereocenters. The van der Waals surface area contributed by atoms with Crippen molar-refractivity contribution < 1.29 is 0 Å². The van der Waals surface area contributed by atoms with Crippen LogP contribution in [0.1, 0.15) is 0 Å². The lowest BCUT2D eigenvalue weighted by Gasteiger charge is -2.19. The second-order valence-electron chi connectivity index (χ2n) is 19.1. The van der Waals surface area contributed by atoms with Gasteiger partial charge in [-0.1, -0.05) is 212 Å². The molecule has 2 heteroatoms. The SMILES string of the molecule is c1ccc(-c2ccc(-c3c4cccc(-c5cccc6ccc7c(c8ccccc8n7-c7ccccc7)c56)c4cc4c(-c5cccc6ccc7c(c8ccccc8n7-c7ccccc7)c56)cccc34)cc2)cc1. The van der Waals surface area contributed by atoms with Gasteiger partial charge in [-0.25, -0.2) is 0 Å². The van der Waals surface area contributed by atoms with Crippen LogP contribution in [-0.4, -0.2) is 9.13 Å². The van der Waals surface area contributed by atoms with Gasteiger partial charge in [0.1, 0.15) is 0 Å². The van der Waals surface area contributed by atoms with Gasteiger partial charge < -0.3 is 9.13 Å². The number of fused-ring (bicyclic) bond motifs is 12. The molecule has 0 aliphatic carbocycles. The Hall–Kier alpha value is -9.50. The van der Waals surface area contributed by atoms with Crippen molar-refractivity contribution in [2.45, 2.75) is 0 Å². The zero-order valence-electron chi connectivity index (χ0n) is 39.3. The molecule has 2 aromatic heterocycles. The van der Waals surface area contributed by atoms with E-state index in [0.29, 0.717) is 0 Å². The Bertz CT molecular complexity index is 4380. The van der Waals surface area contributed by atoms with E-state index in [0.717, 1.165) is 11.4 Å². The monoisotopic (exact) mass is 912 g/mol. The van der Waals surface area contributed by atoms with Crippen LogP contribution in [-0.2, 0) is 0 Å². The van der Waals surface area contributed by atoms with Gasteiger partial charge in [-0.05, 0) is 142 Å². The molecular weight excluding hydrogens is 869 g/mol. The Balaban J connectivity index is 1.06. The number of hydrogen-bond donors (Lipinski definition) is 0. The van der Waals surface area contributed by atoms with Crippen LogP contribution in [0.2, 0.25) is 0 Å². The van der Waals surface area contributed by atoms with Crippen molar-refractivity contribution in [3.05, 3.63) is 267 Å². The molecule has 0 N–H and O–H groups in total. The van der Waals surface area contributed by atoms with Gasteiger partial charge in [0.25, 0.3) is 0 Å². The Morgan fingerprint density at radius 3 is 1.10 bits per heavy atom. The van der Waals surface area contributed by atoms with E-state index in [1.165, 1.54) is 131 Å². The van der Waals surface area contributed by atoms with E-state index in [1.54, 1.807) is 0 Å². The van der Waals surface area contributed by atoms with Crippen molar-refractivity contribution in [2.24, 2.45) is 0 Å². The van der Waals surface area contributed by atoms with Crippen LogP contribution in [0.5, 0.6) is 0 Å². The standard InChI is InChI=1S/C70H44N2/c1-4-18-45(19-5-1)46-36-38-49(39-37-46)66-56-32-16-28-52(54-30-14-20-47-40-42-64-69(67(47)54)58-26-10-12-34-62(58)71(64)50-22-6-2-7-23-50)60(56)44-61-53(29-17-33-57(61)66)55-31-15-21-48-41-43-65-70(68(48)55)59-27-11-13-35-63(59)72(65)51-24-8-3-9-25-51/h1-44H. The fraction of sp³-hybridized carbons (Fsp3) is 0. The summed E-state index contributed by atoms with van der Waals surface area (Å²) in [6.45, 7) is 0. The second kappa shape index (κ2) is 16.0. The summed E-state index contributed by atoms with van der Waals surface area (Å²) in [6.07, 6.45) is 0. The third-order valence-corrected chi connectivity index (χ3v) is 15.3. The predicted octanol–water partition coefficient (Wildman–Crippen LogP) is 19.2. The molecular formula is C70H44N2. The molecule has 334 valence electrons. The van der Waals surface area contributed by atoms with Crippen LogP contribution in [0.15, 0.2) is 267 Å². The molecule has 15 aromatic rings. The third kappa shape index (κ3) is 6.03. The lowest BCUT2D eigenvalue weighted by molar-refractivity contribution is 1.18. The summed E-state index contributed by atoms with van der Waals surface area (Å²) in [4.78, 5) is 0. The van der Waals surface area contributed by atoms with E-state index in [1.807, 2.05) is 0 Å². The summed E-state index contributed by atoms with van der Waals surface area (Å²) >= 11 is 0. The van der Waals surface area contributed by atoms with Gasteiger partial charge in [-0.3, -0.25) is 0 Å². The van der Waals surface area contributed by atoms with Crippen molar-refractivity contribution in [1.82, 2.24) is 9.13 Å². The van der Waals surface area contributed by atoms with Gasteiger partial charge in [-0.15, -0.1) is 0 Å². The normalized spacial score (nSPS) is 11.9. The fourth-order valence-electron chi connectivity index (χ4n) is 12.2. The summed E-state index contributed by atoms with van der Waals surface area (Å²) in [5.41, 5.74) is 16.8. The topological polar surface area (TPSA) is 9.86 Å². The smallest absolute Gasteiger partial charge is 0.0547 e. The molecule has 0 radical (unpaired) electrons. The minimum atomic E-state index is 1.16. The van der Waals surface area contributed by atoms with Crippen LogP contribution < -0.4 is 0 Å². The molecule has 0 fully saturated rings. The summed E-state index contributed by atoms with van der Waals surface area (Å²) < 4.78 is 4.86. The maximum atomic E-state index is 2.51. The molecule has 15 rings (SSSR count). The van der Waals surface area contributed by atoms with Gasteiger partial charge in [0.2, 0.25) is 0 Å². The fourth-order valence-corrected chi connectivity index (χ4v) is 12.2. The number of aromatic nitrogens is 2. The first-order chi connectivity index (χ1) is 35.8. The Kier molecular flexibility index (Phi) is 8.99. The van der Waals surface area contributed by atoms with E-state index < -0.39 is 0 Å². The van der Waals surface area contributed by atoms with Gasteiger partial charge in [0, 0.05) is 32.9 Å². The van der Waals surface area contributed by atoms with Crippen LogP contribution in [0.25, 0.3) is 143 Å². The highest BCUT2D eigenvalue weighted by molar-refractivity contribution is 6.29. The second-order valence-corrected chi connectivity index (χ2v) is 19.1. The van der Waals surface area contributed by atoms with E-state index in [9.17, 15) is 0 Å². The highest BCUT2D eigenvalue weighted by atomic mass is 15.0. The number of para-hydroxylation sites is 4. The van der Waals surface area contributed by atoms with Gasteiger partial charge in [0.15, 0.2) is 0 Å². The van der Waals surface area contributed by atoms with E-state index in [-0.39, 0.29) is 0 Å². The molecule has 0 amide bonds. The highest BCUT2D eigenvalue weighted by Gasteiger charge is 2.23. The van der Waals surface area contributed by atoms with Crippen molar-refractivity contribution in [3.63, 3.8) is 0 Å². The first-order valence-corrected chi connectivity index (χ1v) is 24.9. The molecule has 0 unspecified atom stereocenters. The van der Waals surface area contributed by atoms with Crippen molar-refractivity contribution in [2.75, 3.05) is 0 Å². The van der Waals surface area contributed by atoms with Crippen molar-refractivity contribution in [1.29, 1.82) is 0 Å². The molecule has 2 nitrogen and oxygen atoms in total. The largest absolute Gasteiger partial charge is 0.309 e. The zero-order chi connectivity index (χ0) is 47.3. The van der Waals surface area contributed by atoms with Crippen LogP contribution >= 0.6 is 0 Å². The lowest BCUT2D eigenvalue weighted by atomic mass is 9.84. The summed E-state index contributed by atoms with van der Waals surface area (Å²) in [5, 5.41) is 14.9. The first-order valence-electron chi connectivity index (χ1n) is 24.9. The molecule has 2 heterocycles. The quantitative estimate of drug-likeness (QED) is 0.147. The Morgan fingerprint density at radius 1 is 0.208 bits per heavy atom. The highest BCUT2D eigenvalue weighted by Crippen LogP contribution is 2.49. The summed E-state index contributed by atoms with van der Waals surface area (Å²) in [5.74, 6) is 0. The van der Waals surface area contributed by atoms with Crippen LogP contribution in [0.4, 0.5) is 0 Å². The lowest BCUT2D eigenvalue weighted by Crippen LogP contribution is -1.94. The molecule has 0 spiro atoms. The first kappa shape index (κ1) is 40.4. The number of hydrogen-bond acceptors (Lipinski definition) is 0. The minimum Gasteiger partial charge on any atom is -0.309 e. The molecule has 72 heavy (non-hydrogen) atoms. The molecule has 0 saturated heterocycles. The van der Waals surface area contributed by atoms with Gasteiger partial charge >= 0.3 is 0 Å². The maximum absolute atomic E-state index is 2.51. The zero-order valence-corrected chi connectivity index (χ0v) is 39.3. The van der Waals surface area contributed by atoms with Gasteiger partial charge in [-0.2, -0.15) is 0 Å². The van der Waals surface area contributed by atoms with Gasteiger partial charge in [0.05, 0.1) is 22.1 Å². The average Bonchev–Trinajstić information content (AvgIpc) is 3.98. The van der Waals surface area contributed by atoms with E-state index in [4.69, 9.17) is 0 Å². The molecule has 0 aliphatic rings. The van der Waals surface area contributed by atoms with Crippen molar-refractivity contribution >= 4 is 86.7 Å². The van der Waals surface area contributed by atoms with E-state index in [2.05, 4.69) is 276 Å². The number of rotatable bonds is 6. The van der Waals surface area contributed by atoms with Crippen LogP contribution in [0, 0.1) is 0 Å². The summed E-state index contributed by atoms with van der Waals surface area (Å²) in [7, 11) is 0. The third-order valence-electron chi connectivity index (χ3n) is 15.3. The number of nitrogens with zero attached hydrogens (tertiary/aromatic N) is 2. The van der Waals surface area contributed by atoms with E-state index >= 15 is 0 Å². The summed E-state index contributed by atoms with van der Waals surface area (Å²) in [6, 6.07) is 98.7. The molecule has 13 aromatic carbocycles.